The quantitative estimate of drug-likeness (QED) is 0.340. The van der Waals surface area contributed by atoms with E-state index in [-0.39, 0.29) is 5.56 Å². The van der Waals surface area contributed by atoms with E-state index in [9.17, 15) is 22.0 Å². The highest BCUT2D eigenvalue weighted by Crippen LogP contribution is 2.28. The minimum absolute atomic E-state index is 0.0149. The molecule has 0 aliphatic carbocycles. The van der Waals surface area contributed by atoms with Crippen molar-refractivity contribution in [1.29, 1.82) is 0 Å². The van der Waals surface area contributed by atoms with E-state index >= 15 is 0 Å². The van der Waals surface area contributed by atoms with Crippen LogP contribution in [0.1, 0.15) is 22.8 Å². The van der Waals surface area contributed by atoms with Gasteiger partial charge < -0.3 is 4.74 Å². The molecular weight excluding hydrogens is 548 g/mol. The molecule has 1 N–H and O–H groups in total. The molecule has 0 spiro atoms. The Morgan fingerprint density at radius 1 is 1.32 bits per heavy atom. The lowest BCUT2D eigenvalue weighted by molar-refractivity contribution is -0.00958. The monoisotopic (exact) mass is 558 g/mol. The molecule has 0 aliphatic rings. The Morgan fingerprint density at radius 2 is 1.77 bits per heavy atom. The second-order valence-corrected chi connectivity index (χ2v) is 7.96. The average Bonchev–Trinajstić information content (AvgIpc) is 2.37. The summed E-state index contributed by atoms with van der Waals surface area (Å²) < 4.78 is 60.7. The zero-order valence-corrected chi connectivity index (χ0v) is 16.2. The van der Waals surface area contributed by atoms with Crippen molar-refractivity contribution in [2.75, 3.05) is 6.61 Å². The maximum absolute atomic E-state index is 13.0. The molecular formula is C12H10F2I2O5S. The number of allylic oxidation sites excluding steroid dienone is 1. The third kappa shape index (κ3) is 4.35. The first-order valence-corrected chi connectivity index (χ1v) is 9.14. The summed E-state index contributed by atoms with van der Waals surface area (Å²) in [5.74, 6) is -1.11. The van der Waals surface area contributed by atoms with Gasteiger partial charge in [-0.2, -0.15) is 17.2 Å². The Balaban J connectivity index is 3.02. The lowest BCUT2D eigenvalue weighted by atomic mass is 10.1. The first-order valence-electron chi connectivity index (χ1n) is 5.54. The fraction of sp³-hybridized carbons (Fsp3) is 0.250. The number of hydrogen-bond donors (Lipinski definition) is 1. The van der Waals surface area contributed by atoms with Crippen molar-refractivity contribution in [3.05, 3.63) is 37.0 Å². The molecule has 122 valence electrons. The van der Waals surface area contributed by atoms with Gasteiger partial charge in [-0.15, -0.1) is 0 Å². The molecule has 0 atom stereocenters. The molecule has 1 aromatic rings. The molecule has 0 heterocycles. The molecule has 5 nitrogen and oxygen atoms in total. The van der Waals surface area contributed by atoms with Crippen LogP contribution >= 0.6 is 45.2 Å². The van der Waals surface area contributed by atoms with Gasteiger partial charge in [-0.25, -0.2) is 4.79 Å². The van der Waals surface area contributed by atoms with Crippen LogP contribution in [0.25, 0.3) is 5.57 Å². The molecule has 0 bridgehead atoms. The Bertz CT molecular complexity index is 731. The standard InChI is InChI=1S/C12H10F2I2O5S/c1-6(2)7-3-4-8(10(16)9(7)15)11(17)21-5-12(13,14)22(18,19)20/h3-4H,1,5H2,2H3,(H,18,19,20). The molecule has 0 radical (unpaired) electrons. The minimum atomic E-state index is -5.64. The van der Waals surface area contributed by atoms with Gasteiger partial charge >= 0.3 is 21.3 Å². The summed E-state index contributed by atoms with van der Waals surface area (Å²) >= 11 is 3.83. The average molecular weight is 558 g/mol. The van der Waals surface area contributed by atoms with Crippen molar-refractivity contribution in [3.8, 4) is 0 Å². The van der Waals surface area contributed by atoms with E-state index in [2.05, 4.69) is 11.3 Å². The number of esters is 1. The normalized spacial score (nSPS) is 12.1. The number of rotatable bonds is 5. The summed E-state index contributed by atoms with van der Waals surface area (Å²) in [6.45, 7) is 3.79. The van der Waals surface area contributed by atoms with E-state index in [1.54, 1.807) is 13.0 Å². The second kappa shape index (κ2) is 7.05. The second-order valence-electron chi connectivity index (χ2n) is 4.26. The summed E-state index contributed by atoms with van der Waals surface area (Å²) in [4.78, 5) is 11.8. The van der Waals surface area contributed by atoms with Crippen molar-refractivity contribution in [1.82, 2.24) is 0 Å². The smallest absolute Gasteiger partial charge is 0.402 e. The number of alkyl halides is 2. The fourth-order valence-electron chi connectivity index (χ4n) is 1.34. The van der Waals surface area contributed by atoms with Crippen LogP contribution in [0.15, 0.2) is 18.7 Å². The fourth-order valence-corrected chi connectivity index (χ4v) is 3.17. The molecule has 0 aromatic heterocycles. The molecule has 0 unspecified atom stereocenters. The van der Waals surface area contributed by atoms with Crippen molar-refractivity contribution in [3.63, 3.8) is 0 Å². The number of hydrogen-bond acceptors (Lipinski definition) is 4. The Kier molecular flexibility index (Phi) is 6.31. The largest absolute Gasteiger partial charge is 0.454 e. The van der Waals surface area contributed by atoms with Gasteiger partial charge in [0.05, 0.1) is 5.56 Å². The number of ether oxygens (including phenoxy) is 1. The molecule has 22 heavy (non-hydrogen) atoms. The van der Waals surface area contributed by atoms with Gasteiger partial charge in [0, 0.05) is 7.14 Å². The Labute approximate surface area is 153 Å². The highest BCUT2D eigenvalue weighted by molar-refractivity contribution is 14.1. The van der Waals surface area contributed by atoms with Gasteiger partial charge in [0.1, 0.15) is 0 Å². The van der Waals surface area contributed by atoms with Crippen LogP contribution in [0, 0.1) is 7.14 Å². The van der Waals surface area contributed by atoms with E-state index < -0.39 is 27.9 Å². The zero-order chi connectivity index (χ0) is 17.3. The Hall–Kier alpha value is -0.340. The molecule has 1 rings (SSSR count). The summed E-state index contributed by atoms with van der Waals surface area (Å²) in [7, 11) is -5.64. The zero-order valence-electron chi connectivity index (χ0n) is 11.1. The lowest BCUT2D eigenvalue weighted by Crippen LogP contribution is -2.34. The van der Waals surface area contributed by atoms with Crippen molar-refractivity contribution < 1.29 is 31.3 Å². The van der Waals surface area contributed by atoms with Gasteiger partial charge in [0.25, 0.3) is 0 Å². The van der Waals surface area contributed by atoms with Crippen LogP contribution in [0.5, 0.6) is 0 Å². The molecule has 0 aliphatic heterocycles. The van der Waals surface area contributed by atoms with Crippen LogP contribution in [-0.4, -0.2) is 30.8 Å². The molecule has 1 aromatic carbocycles. The van der Waals surface area contributed by atoms with E-state index in [0.717, 1.165) is 11.1 Å². The number of carbonyl (C=O) groups excluding carboxylic acids is 1. The van der Waals surface area contributed by atoms with Crippen LogP contribution < -0.4 is 0 Å². The topological polar surface area (TPSA) is 80.7 Å². The molecule has 0 saturated carbocycles. The number of carbonyl (C=O) groups is 1. The van der Waals surface area contributed by atoms with Crippen molar-refractivity contribution >= 4 is 66.8 Å². The SMILES string of the molecule is C=C(C)c1ccc(C(=O)OCC(F)(F)S(=O)(=O)O)c(I)c1I. The summed E-state index contributed by atoms with van der Waals surface area (Å²) in [6, 6.07) is 2.96. The van der Waals surface area contributed by atoms with Crippen LogP contribution in [0.4, 0.5) is 8.78 Å². The number of benzene rings is 1. The molecule has 10 heteroatoms. The molecule has 0 saturated heterocycles. The highest BCUT2D eigenvalue weighted by Gasteiger charge is 2.45. The van der Waals surface area contributed by atoms with Crippen LogP contribution in [0.3, 0.4) is 0 Å². The first kappa shape index (κ1) is 19.7. The van der Waals surface area contributed by atoms with Gasteiger partial charge in [-0.05, 0) is 69.3 Å². The van der Waals surface area contributed by atoms with Gasteiger partial charge in [-0.3, -0.25) is 4.55 Å². The van der Waals surface area contributed by atoms with E-state index in [1.165, 1.54) is 6.07 Å². The first-order chi connectivity index (χ1) is 9.88. The summed E-state index contributed by atoms with van der Waals surface area (Å²) in [6.07, 6.45) is 0. The third-order valence-electron chi connectivity index (χ3n) is 2.51. The van der Waals surface area contributed by atoms with Crippen molar-refractivity contribution in [2.45, 2.75) is 12.2 Å². The maximum atomic E-state index is 13.0. The summed E-state index contributed by atoms with van der Waals surface area (Å²) in [5, 5.41) is -4.56. The summed E-state index contributed by atoms with van der Waals surface area (Å²) in [5.41, 5.74) is 1.58. The molecule has 0 amide bonds. The van der Waals surface area contributed by atoms with E-state index in [0.29, 0.717) is 7.14 Å². The van der Waals surface area contributed by atoms with Crippen LogP contribution in [-0.2, 0) is 14.9 Å². The number of halogens is 4. The maximum Gasteiger partial charge on any atom is 0.402 e. The van der Waals surface area contributed by atoms with Gasteiger partial charge in [0.2, 0.25) is 0 Å². The van der Waals surface area contributed by atoms with Gasteiger partial charge in [-0.1, -0.05) is 12.6 Å². The van der Waals surface area contributed by atoms with E-state index in [1.807, 2.05) is 45.2 Å². The predicted molar refractivity (Wildman–Crippen MR) is 93.4 cm³/mol. The predicted octanol–water partition coefficient (Wildman–Crippen LogP) is 3.57. The van der Waals surface area contributed by atoms with Crippen LogP contribution in [0.2, 0.25) is 0 Å². The Morgan fingerprint density at radius 3 is 2.23 bits per heavy atom. The lowest BCUT2D eigenvalue weighted by Gasteiger charge is -2.14. The van der Waals surface area contributed by atoms with E-state index in [4.69, 9.17) is 4.55 Å². The van der Waals surface area contributed by atoms with Gasteiger partial charge in [0.15, 0.2) is 6.61 Å². The van der Waals surface area contributed by atoms with Crippen molar-refractivity contribution in [2.24, 2.45) is 0 Å². The highest BCUT2D eigenvalue weighted by atomic mass is 127. The molecule has 0 fully saturated rings. The third-order valence-corrected chi connectivity index (χ3v) is 6.66. The minimum Gasteiger partial charge on any atom is -0.454 e.